The Hall–Kier alpha value is -2.30. The molecule has 0 saturated heterocycles. The van der Waals surface area contributed by atoms with Crippen LogP contribution in [0, 0.1) is 3.57 Å². The fraction of sp³-hybridized carbons (Fsp3) is 0.154. The molecule has 0 aliphatic rings. The number of carbonyl (C=O) groups excluding carboxylic acids is 1. The topological polar surface area (TPSA) is 120 Å². The number of nitrogens with one attached hydrogen (secondary N) is 3. The number of amides is 1. The van der Waals surface area contributed by atoms with E-state index in [0.29, 0.717) is 0 Å². The fourth-order valence-electron chi connectivity index (χ4n) is 1.58. The fourth-order valence-corrected chi connectivity index (χ4v) is 2.11. The molecule has 2 rings (SSSR count). The van der Waals surface area contributed by atoms with Gasteiger partial charge in [0.05, 0.1) is 6.21 Å². The highest BCUT2D eigenvalue weighted by Crippen LogP contribution is 2.08. The molecule has 3 N–H and O–H groups in total. The maximum atomic E-state index is 11.6. The third kappa shape index (κ3) is 4.62. The molecular formula is C13H12IN5O3. The minimum atomic E-state index is -0.680. The molecule has 0 radical (unpaired) electrons. The second-order valence-electron chi connectivity index (χ2n) is 4.27. The molecule has 22 heavy (non-hydrogen) atoms. The van der Waals surface area contributed by atoms with Crippen LogP contribution in [0.1, 0.15) is 17.7 Å². The van der Waals surface area contributed by atoms with E-state index in [4.69, 9.17) is 0 Å². The van der Waals surface area contributed by atoms with Crippen LogP contribution in [0.5, 0.6) is 0 Å². The lowest BCUT2D eigenvalue weighted by Gasteiger charge is -2.00. The Kier molecular flexibility index (Phi) is 5.58. The summed E-state index contributed by atoms with van der Waals surface area (Å²) < 4.78 is 1.02. The number of nitrogens with zero attached hydrogens (tertiary/aromatic N) is 2. The Balaban J connectivity index is 1.87. The van der Waals surface area contributed by atoms with Crippen molar-refractivity contribution in [2.24, 2.45) is 5.10 Å². The molecular weight excluding hydrogens is 401 g/mol. The summed E-state index contributed by atoms with van der Waals surface area (Å²) in [5.41, 5.74) is 2.08. The zero-order chi connectivity index (χ0) is 15.9. The Morgan fingerprint density at radius 1 is 1.36 bits per heavy atom. The van der Waals surface area contributed by atoms with Gasteiger partial charge in [-0.25, -0.2) is 15.3 Å². The van der Waals surface area contributed by atoms with Crippen LogP contribution in [0.25, 0.3) is 0 Å². The van der Waals surface area contributed by atoms with Gasteiger partial charge in [0.1, 0.15) is 5.69 Å². The van der Waals surface area contributed by atoms with Gasteiger partial charge < -0.3 is 0 Å². The SMILES string of the molecule is O=C(CCc1n[nH]c(=O)[nH]c1=O)N/N=C/c1ccccc1I. The molecule has 9 heteroatoms. The van der Waals surface area contributed by atoms with Crippen LogP contribution in [0.3, 0.4) is 0 Å². The Labute approximate surface area is 138 Å². The summed E-state index contributed by atoms with van der Waals surface area (Å²) in [6.45, 7) is 0. The maximum Gasteiger partial charge on any atom is 0.342 e. The van der Waals surface area contributed by atoms with Crippen molar-refractivity contribution >= 4 is 34.7 Å². The molecule has 0 atom stereocenters. The highest BCUT2D eigenvalue weighted by atomic mass is 127. The molecule has 0 unspecified atom stereocenters. The van der Waals surface area contributed by atoms with E-state index in [1.54, 1.807) is 6.21 Å². The van der Waals surface area contributed by atoms with Crippen molar-refractivity contribution in [3.05, 3.63) is 59.9 Å². The van der Waals surface area contributed by atoms with E-state index in [1.807, 2.05) is 29.2 Å². The Morgan fingerprint density at radius 2 is 2.14 bits per heavy atom. The van der Waals surface area contributed by atoms with Crippen LogP contribution in [0.4, 0.5) is 0 Å². The maximum absolute atomic E-state index is 11.6. The average molecular weight is 413 g/mol. The van der Waals surface area contributed by atoms with Gasteiger partial charge in [-0.3, -0.25) is 14.6 Å². The first kappa shape index (κ1) is 16.1. The van der Waals surface area contributed by atoms with Crippen LogP contribution in [-0.2, 0) is 11.2 Å². The number of carbonyl (C=O) groups is 1. The van der Waals surface area contributed by atoms with E-state index in [1.165, 1.54) is 0 Å². The summed E-state index contributed by atoms with van der Waals surface area (Å²) in [6.07, 6.45) is 1.69. The van der Waals surface area contributed by atoms with Gasteiger partial charge in [0.25, 0.3) is 5.56 Å². The number of hydrogen-bond donors (Lipinski definition) is 3. The van der Waals surface area contributed by atoms with Crippen LogP contribution in [0.15, 0.2) is 39.0 Å². The van der Waals surface area contributed by atoms with Gasteiger partial charge in [0.15, 0.2) is 0 Å². The van der Waals surface area contributed by atoms with Crippen LogP contribution >= 0.6 is 22.6 Å². The van der Waals surface area contributed by atoms with E-state index >= 15 is 0 Å². The lowest BCUT2D eigenvalue weighted by atomic mass is 10.2. The van der Waals surface area contributed by atoms with Crippen molar-refractivity contribution < 1.29 is 4.79 Å². The highest BCUT2D eigenvalue weighted by Gasteiger charge is 2.06. The van der Waals surface area contributed by atoms with Gasteiger partial charge in [-0.15, -0.1) is 0 Å². The molecule has 0 saturated carbocycles. The number of halogens is 1. The van der Waals surface area contributed by atoms with Crippen molar-refractivity contribution in [1.82, 2.24) is 20.6 Å². The first-order valence-electron chi connectivity index (χ1n) is 6.30. The van der Waals surface area contributed by atoms with Crippen molar-refractivity contribution in [3.8, 4) is 0 Å². The lowest BCUT2D eigenvalue weighted by molar-refractivity contribution is -0.121. The monoisotopic (exact) mass is 413 g/mol. The first-order valence-corrected chi connectivity index (χ1v) is 7.38. The average Bonchev–Trinajstić information content (AvgIpc) is 2.48. The smallest absolute Gasteiger partial charge is 0.273 e. The Morgan fingerprint density at radius 3 is 2.86 bits per heavy atom. The van der Waals surface area contributed by atoms with E-state index in [-0.39, 0.29) is 24.4 Å². The van der Waals surface area contributed by atoms with Crippen molar-refractivity contribution in [1.29, 1.82) is 0 Å². The van der Waals surface area contributed by atoms with Crippen LogP contribution in [0.2, 0.25) is 0 Å². The third-order valence-corrected chi connectivity index (χ3v) is 3.65. The van der Waals surface area contributed by atoms with Crippen molar-refractivity contribution in [3.63, 3.8) is 0 Å². The number of rotatable bonds is 5. The lowest BCUT2D eigenvalue weighted by Crippen LogP contribution is -2.28. The molecule has 0 aliphatic carbocycles. The molecule has 1 amide bonds. The Bertz CT molecular complexity index is 812. The molecule has 1 aromatic carbocycles. The number of H-pyrrole nitrogens is 2. The summed E-state index contributed by atoms with van der Waals surface area (Å²) in [4.78, 5) is 35.9. The highest BCUT2D eigenvalue weighted by molar-refractivity contribution is 14.1. The van der Waals surface area contributed by atoms with Crippen LogP contribution < -0.4 is 16.7 Å². The van der Waals surface area contributed by atoms with Gasteiger partial charge >= 0.3 is 5.69 Å². The molecule has 114 valence electrons. The molecule has 1 aromatic heterocycles. The minimum absolute atomic E-state index is 0.0331. The van der Waals surface area contributed by atoms with E-state index in [9.17, 15) is 14.4 Å². The normalized spacial score (nSPS) is 10.8. The molecule has 2 aromatic rings. The standard InChI is InChI=1S/C13H12IN5O3/c14-9-4-2-1-3-8(9)7-15-18-11(20)6-5-10-12(21)16-13(22)19-17-10/h1-4,7H,5-6H2,(H,18,20)(H2,16,19,21,22)/b15-7+. The van der Waals surface area contributed by atoms with Gasteiger partial charge in [0, 0.05) is 22.0 Å². The largest absolute Gasteiger partial charge is 0.342 e. The quantitative estimate of drug-likeness (QED) is 0.367. The number of hydrazone groups is 1. The number of aryl methyl sites for hydroxylation is 1. The van der Waals surface area contributed by atoms with Crippen molar-refractivity contribution in [2.45, 2.75) is 12.8 Å². The van der Waals surface area contributed by atoms with E-state index in [2.05, 4.69) is 43.3 Å². The first-order chi connectivity index (χ1) is 10.6. The van der Waals surface area contributed by atoms with E-state index in [0.717, 1.165) is 9.13 Å². The molecule has 0 spiro atoms. The second kappa shape index (κ2) is 7.64. The number of hydrogen-bond acceptors (Lipinski definition) is 5. The molecule has 1 heterocycles. The van der Waals surface area contributed by atoms with Gasteiger partial charge in [-0.2, -0.15) is 10.2 Å². The summed E-state index contributed by atoms with van der Waals surface area (Å²) in [7, 11) is 0. The second-order valence-corrected chi connectivity index (χ2v) is 5.43. The predicted octanol–water partition coefficient (Wildman–Crippen LogP) is 0.146. The molecule has 0 aliphatic heterocycles. The van der Waals surface area contributed by atoms with Gasteiger partial charge in [-0.05, 0) is 28.7 Å². The summed E-state index contributed by atoms with van der Waals surface area (Å²) >= 11 is 2.17. The van der Waals surface area contributed by atoms with Crippen LogP contribution in [-0.4, -0.2) is 27.3 Å². The molecule has 8 nitrogen and oxygen atoms in total. The van der Waals surface area contributed by atoms with E-state index < -0.39 is 11.2 Å². The predicted molar refractivity (Wildman–Crippen MR) is 88.7 cm³/mol. The van der Waals surface area contributed by atoms with Crippen molar-refractivity contribution in [2.75, 3.05) is 0 Å². The number of aromatic nitrogens is 3. The zero-order valence-electron chi connectivity index (χ0n) is 11.3. The summed E-state index contributed by atoms with van der Waals surface area (Å²) in [6, 6.07) is 7.59. The number of aromatic amines is 2. The summed E-state index contributed by atoms with van der Waals surface area (Å²) in [5, 5.41) is 9.56. The molecule has 0 fully saturated rings. The van der Waals surface area contributed by atoms with Gasteiger partial charge in [-0.1, -0.05) is 18.2 Å². The number of benzene rings is 1. The third-order valence-electron chi connectivity index (χ3n) is 2.67. The minimum Gasteiger partial charge on any atom is -0.273 e. The summed E-state index contributed by atoms with van der Waals surface area (Å²) in [5.74, 6) is -0.352. The molecule has 0 bridgehead atoms. The zero-order valence-corrected chi connectivity index (χ0v) is 13.5. The van der Waals surface area contributed by atoms with Gasteiger partial charge in [0.2, 0.25) is 5.91 Å².